The molecule has 0 bridgehead atoms. The van der Waals surface area contributed by atoms with Gasteiger partial charge >= 0.3 is 0 Å². The predicted molar refractivity (Wildman–Crippen MR) is 65.4 cm³/mol. The molecule has 0 spiro atoms. The van der Waals surface area contributed by atoms with Crippen LogP contribution in [0.1, 0.15) is 5.56 Å². The van der Waals surface area contributed by atoms with Crippen LogP contribution in [0.4, 0.5) is 5.82 Å². The highest BCUT2D eigenvalue weighted by atomic mass is 79.9. The first-order valence-corrected chi connectivity index (χ1v) is 5.46. The second kappa shape index (κ2) is 4.49. The molecule has 0 unspecified atom stereocenters. The number of aromatic nitrogens is 2. The SMILES string of the molecule is Cc1ccc(Oc2cncc(N)n2)c(Br)c1. The van der Waals surface area contributed by atoms with Crippen molar-refractivity contribution in [2.75, 3.05) is 5.73 Å². The molecule has 0 atom stereocenters. The average Bonchev–Trinajstić information content (AvgIpc) is 2.22. The summed E-state index contributed by atoms with van der Waals surface area (Å²) in [7, 11) is 0. The van der Waals surface area contributed by atoms with Gasteiger partial charge in [0.05, 0.1) is 16.9 Å². The van der Waals surface area contributed by atoms with Crippen LogP contribution in [0.3, 0.4) is 0 Å². The number of hydrogen-bond donors (Lipinski definition) is 1. The Kier molecular flexibility index (Phi) is 3.05. The molecule has 4 nitrogen and oxygen atoms in total. The standard InChI is InChI=1S/C11H10BrN3O/c1-7-2-3-9(8(12)4-7)16-11-6-14-5-10(13)15-11/h2-6H,1H3,(H2,13,15). The first-order valence-electron chi connectivity index (χ1n) is 4.66. The van der Waals surface area contributed by atoms with Gasteiger partial charge in [0.1, 0.15) is 11.6 Å². The highest BCUT2D eigenvalue weighted by Crippen LogP contribution is 2.29. The lowest BCUT2D eigenvalue weighted by molar-refractivity contribution is 0.458. The van der Waals surface area contributed by atoms with Crippen LogP contribution in [0.5, 0.6) is 11.6 Å². The fourth-order valence-corrected chi connectivity index (χ4v) is 1.79. The highest BCUT2D eigenvalue weighted by Gasteiger charge is 2.04. The summed E-state index contributed by atoms with van der Waals surface area (Å²) < 4.78 is 6.42. The topological polar surface area (TPSA) is 61.0 Å². The third-order valence-corrected chi connectivity index (χ3v) is 2.55. The number of benzene rings is 1. The summed E-state index contributed by atoms with van der Waals surface area (Å²) in [6, 6.07) is 5.79. The van der Waals surface area contributed by atoms with E-state index in [0.717, 1.165) is 10.0 Å². The quantitative estimate of drug-likeness (QED) is 0.918. The first-order chi connectivity index (χ1) is 7.65. The Balaban J connectivity index is 2.27. The van der Waals surface area contributed by atoms with E-state index in [1.54, 1.807) is 0 Å². The molecule has 1 aromatic heterocycles. The van der Waals surface area contributed by atoms with Gasteiger partial charge in [-0.3, -0.25) is 4.98 Å². The van der Waals surface area contributed by atoms with E-state index in [2.05, 4.69) is 25.9 Å². The van der Waals surface area contributed by atoms with Gasteiger partial charge in [-0.2, -0.15) is 4.98 Å². The Bertz CT molecular complexity index is 516. The number of nitrogen functional groups attached to an aromatic ring is 1. The number of rotatable bonds is 2. The van der Waals surface area contributed by atoms with Crippen molar-refractivity contribution >= 4 is 21.7 Å². The van der Waals surface area contributed by atoms with Crippen molar-refractivity contribution in [2.24, 2.45) is 0 Å². The molecular weight excluding hydrogens is 270 g/mol. The van der Waals surface area contributed by atoms with Gasteiger partial charge in [0, 0.05) is 0 Å². The number of nitrogens with two attached hydrogens (primary N) is 1. The van der Waals surface area contributed by atoms with Crippen molar-refractivity contribution < 1.29 is 4.74 Å². The second-order valence-corrected chi connectivity index (χ2v) is 4.17. The second-order valence-electron chi connectivity index (χ2n) is 3.32. The number of ether oxygens (including phenoxy) is 1. The van der Waals surface area contributed by atoms with Gasteiger partial charge in [-0.15, -0.1) is 0 Å². The van der Waals surface area contributed by atoms with Gasteiger partial charge in [0.15, 0.2) is 0 Å². The molecule has 2 aromatic rings. The van der Waals surface area contributed by atoms with Gasteiger partial charge in [-0.05, 0) is 40.5 Å². The van der Waals surface area contributed by atoms with E-state index in [9.17, 15) is 0 Å². The first kappa shape index (κ1) is 10.9. The normalized spacial score (nSPS) is 10.1. The van der Waals surface area contributed by atoms with E-state index in [-0.39, 0.29) is 0 Å². The Hall–Kier alpha value is -1.62. The van der Waals surface area contributed by atoms with Crippen molar-refractivity contribution in [1.29, 1.82) is 0 Å². The van der Waals surface area contributed by atoms with Gasteiger partial charge in [-0.1, -0.05) is 6.07 Å². The molecule has 0 radical (unpaired) electrons. The molecule has 0 fully saturated rings. The molecule has 1 heterocycles. The summed E-state index contributed by atoms with van der Waals surface area (Å²) in [5.74, 6) is 1.40. The number of halogens is 1. The van der Waals surface area contributed by atoms with Crippen molar-refractivity contribution in [3.63, 3.8) is 0 Å². The van der Waals surface area contributed by atoms with E-state index < -0.39 is 0 Å². The maximum absolute atomic E-state index is 5.54. The van der Waals surface area contributed by atoms with Crippen LogP contribution < -0.4 is 10.5 Å². The minimum absolute atomic E-state index is 0.334. The van der Waals surface area contributed by atoms with Crippen molar-refractivity contribution in [3.8, 4) is 11.6 Å². The zero-order valence-corrected chi connectivity index (χ0v) is 10.2. The van der Waals surface area contributed by atoms with Crippen molar-refractivity contribution in [1.82, 2.24) is 9.97 Å². The number of hydrogen-bond acceptors (Lipinski definition) is 4. The summed E-state index contributed by atoms with van der Waals surface area (Å²) in [5, 5.41) is 0. The van der Waals surface area contributed by atoms with Crippen molar-refractivity contribution in [2.45, 2.75) is 6.92 Å². The Labute approximate surface area is 102 Å². The Morgan fingerprint density at radius 2 is 2.12 bits per heavy atom. The third-order valence-electron chi connectivity index (χ3n) is 1.93. The molecule has 0 amide bonds. The fraction of sp³-hybridized carbons (Fsp3) is 0.0909. The lowest BCUT2D eigenvalue weighted by atomic mass is 10.2. The van der Waals surface area contributed by atoms with Gasteiger partial charge in [-0.25, -0.2) is 0 Å². The van der Waals surface area contributed by atoms with Crippen LogP contribution in [0.2, 0.25) is 0 Å². The minimum Gasteiger partial charge on any atom is -0.436 e. The molecule has 5 heteroatoms. The van der Waals surface area contributed by atoms with Gasteiger partial charge in [0.25, 0.3) is 0 Å². The maximum Gasteiger partial charge on any atom is 0.239 e. The molecule has 2 rings (SSSR count). The molecule has 1 aromatic carbocycles. The van der Waals surface area contributed by atoms with Crippen LogP contribution in [0.25, 0.3) is 0 Å². The lowest BCUT2D eigenvalue weighted by Crippen LogP contribution is -1.95. The highest BCUT2D eigenvalue weighted by molar-refractivity contribution is 9.10. The van der Waals surface area contributed by atoms with Gasteiger partial charge in [0.2, 0.25) is 5.88 Å². The Morgan fingerprint density at radius 3 is 2.81 bits per heavy atom. The van der Waals surface area contributed by atoms with Gasteiger partial charge < -0.3 is 10.5 Å². The summed E-state index contributed by atoms with van der Waals surface area (Å²) in [6.07, 6.45) is 2.99. The molecule has 0 aliphatic heterocycles. The maximum atomic E-state index is 5.54. The van der Waals surface area contributed by atoms with E-state index in [1.165, 1.54) is 12.4 Å². The van der Waals surface area contributed by atoms with E-state index in [4.69, 9.17) is 10.5 Å². The Morgan fingerprint density at radius 1 is 1.31 bits per heavy atom. The molecule has 0 saturated heterocycles. The molecular formula is C11H10BrN3O. The largest absolute Gasteiger partial charge is 0.436 e. The zero-order chi connectivity index (χ0) is 11.5. The molecule has 0 saturated carbocycles. The molecule has 16 heavy (non-hydrogen) atoms. The van der Waals surface area contributed by atoms with Crippen molar-refractivity contribution in [3.05, 3.63) is 40.6 Å². The van der Waals surface area contributed by atoms with Crippen LogP contribution >= 0.6 is 15.9 Å². The lowest BCUT2D eigenvalue weighted by Gasteiger charge is -2.07. The fourth-order valence-electron chi connectivity index (χ4n) is 1.21. The van der Waals surface area contributed by atoms with E-state index in [0.29, 0.717) is 17.4 Å². The average molecular weight is 280 g/mol. The van der Waals surface area contributed by atoms with E-state index in [1.807, 2.05) is 25.1 Å². The third kappa shape index (κ3) is 2.49. The number of anilines is 1. The van der Waals surface area contributed by atoms with E-state index >= 15 is 0 Å². The summed E-state index contributed by atoms with van der Waals surface area (Å²) in [5.41, 5.74) is 6.66. The predicted octanol–water partition coefficient (Wildman–Crippen LogP) is 2.92. The van der Waals surface area contributed by atoms with Crippen LogP contribution in [-0.2, 0) is 0 Å². The molecule has 2 N–H and O–H groups in total. The van der Waals surface area contributed by atoms with Crippen LogP contribution in [0.15, 0.2) is 35.1 Å². The molecule has 82 valence electrons. The summed E-state index contributed by atoms with van der Waals surface area (Å²) in [6.45, 7) is 2.01. The molecule has 0 aliphatic carbocycles. The van der Waals surface area contributed by atoms with Crippen LogP contribution in [0, 0.1) is 6.92 Å². The summed E-state index contributed by atoms with van der Waals surface area (Å²) in [4.78, 5) is 7.90. The minimum atomic E-state index is 0.334. The summed E-state index contributed by atoms with van der Waals surface area (Å²) >= 11 is 3.42. The smallest absolute Gasteiger partial charge is 0.239 e. The molecule has 0 aliphatic rings. The monoisotopic (exact) mass is 279 g/mol. The number of nitrogens with zero attached hydrogens (tertiary/aromatic N) is 2. The van der Waals surface area contributed by atoms with Crippen LogP contribution in [-0.4, -0.2) is 9.97 Å². The zero-order valence-electron chi connectivity index (χ0n) is 8.64. The number of aryl methyl sites for hydroxylation is 1.